The molecular weight excluding hydrogens is 264 g/mol. The quantitative estimate of drug-likeness (QED) is 0.485. The van der Waals surface area contributed by atoms with Crippen molar-refractivity contribution in [2.75, 3.05) is 24.2 Å². The summed E-state index contributed by atoms with van der Waals surface area (Å²) in [5.74, 6) is -0.993. The molecule has 0 aromatic carbocycles. The van der Waals surface area contributed by atoms with Gasteiger partial charge in [0.25, 0.3) is 0 Å². The fourth-order valence-electron chi connectivity index (χ4n) is 0.871. The summed E-state index contributed by atoms with van der Waals surface area (Å²) in [4.78, 5) is 20.9. The number of nitrogens with one attached hydrogen (secondary N) is 2. The van der Waals surface area contributed by atoms with Crippen molar-refractivity contribution in [1.29, 1.82) is 0 Å². The van der Waals surface area contributed by atoms with Gasteiger partial charge in [-0.05, 0) is 0 Å². The Balaban J connectivity index is 2.25. The average Bonchev–Trinajstić information content (AvgIpc) is 2.69. The third-order valence-electron chi connectivity index (χ3n) is 1.50. The molecule has 0 radical (unpaired) electrons. The van der Waals surface area contributed by atoms with Crippen LogP contribution in [0.3, 0.4) is 0 Å². The second kappa shape index (κ2) is 7.07. The Morgan fingerprint density at radius 2 is 2.18 bits per heavy atom. The van der Waals surface area contributed by atoms with E-state index >= 15 is 0 Å². The number of hydrogen-bond donors (Lipinski definition) is 3. The normalized spacial score (nSPS) is 9.94. The lowest BCUT2D eigenvalue weighted by atomic mass is 10.6. The number of carboxylic acid groups (broad SMARTS) is 1. The number of amides is 1. The van der Waals surface area contributed by atoms with E-state index in [0.717, 1.165) is 11.8 Å². The molecule has 1 rings (SSSR count). The standard InChI is InChI=1S/C8H12N4O3S2/c1-5(13)9-2-3-10-7-11-12-8(17-7)16-4-6(14)15/h2-4H2,1H3,(H,9,13)(H,10,11)(H,14,15). The molecule has 0 fully saturated rings. The maximum Gasteiger partial charge on any atom is 0.313 e. The van der Waals surface area contributed by atoms with Gasteiger partial charge in [-0.15, -0.1) is 10.2 Å². The van der Waals surface area contributed by atoms with Crippen LogP contribution in [-0.2, 0) is 9.59 Å². The van der Waals surface area contributed by atoms with Crippen LogP contribution in [0.5, 0.6) is 0 Å². The highest BCUT2D eigenvalue weighted by atomic mass is 32.2. The number of carbonyl (C=O) groups is 2. The zero-order valence-electron chi connectivity index (χ0n) is 9.10. The average molecular weight is 276 g/mol. The Labute approximate surface area is 106 Å². The predicted molar refractivity (Wildman–Crippen MR) is 65.4 cm³/mol. The van der Waals surface area contributed by atoms with Crippen LogP contribution in [0.15, 0.2) is 4.34 Å². The number of anilines is 1. The summed E-state index contributed by atoms with van der Waals surface area (Å²) in [5.41, 5.74) is 0. The van der Waals surface area contributed by atoms with Crippen LogP contribution in [-0.4, -0.2) is 46.0 Å². The van der Waals surface area contributed by atoms with Crippen molar-refractivity contribution in [2.45, 2.75) is 11.3 Å². The molecule has 17 heavy (non-hydrogen) atoms. The van der Waals surface area contributed by atoms with E-state index in [4.69, 9.17) is 5.11 Å². The third kappa shape index (κ3) is 6.07. The number of aromatic nitrogens is 2. The van der Waals surface area contributed by atoms with Crippen LogP contribution in [0, 0.1) is 0 Å². The van der Waals surface area contributed by atoms with Crippen molar-refractivity contribution >= 4 is 40.1 Å². The molecule has 9 heteroatoms. The Morgan fingerprint density at radius 1 is 1.41 bits per heavy atom. The van der Waals surface area contributed by atoms with Gasteiger partial charge in [0.2, 0.25) is 11.0 Å². The number of thioether (sulfide) groups is 1. The van der Waals surface area contributed by atoms with Gasteiger partial charge in [0.05, 0.1) is 5.75 Å². The smallest absolute Gasteiger partial charge is 0.313 e. The van der Waals surface area contributed by atoms with Crippen LogP contribution in [0.25, 0.3) is 0 Å². The topological polar surface area (TPSA) is 104 Å². The summed E-state index contributed by atoms with van der Waals surface area (Å²) in [7, 11) is 0. The van der Waals surface area contributed by atoms with E-state index in [2.05, 4.69) is 20.8 Å². The van der Waals surface area contributed by atoms with E-state index in [1.807, 2.05) is 0 Å². The van der Waals surface area contributed by atoms with Crippen molar-refractivity contribution in [2.24, 2.45) is 0 Å². The van der Waals surface area contributed by atoms with Crippen molar-refractivity contribution in [3.8, 4) is 0 Å². The third-order valence-corrected chi connectivity index (χ3v) is 3.50. The highest BCUT2D eigenvalue weighted by Gasteiger charge is 2.06. The van der Waals surface area contributed by atoms with E-state index in [1.165, 1.54) is 18.3 Å². The van der Waals surface area contributed by atoms with Crippen LogP contribution >= 0.6 is 23.1 Å². The lowest BCUT2D eigenvalue weighted by molar-refractivity contribution is -0.133. The molecule has 3 N–H and O–H groups in total. The van der Waals surface area contributed by atoms with Crippen LogP contribution in [0.4, 0.5) is 5.13 Å². The van der Waals surface area contributed by atoms with Crippen LogP contribution < -0.4 is 10.6 Å². The summed E-state index contributed by atoms with van der Waals surface area (Å²) < 4.78 is 0.606. The first-order valence-electron chi connectivity index (χ1n) is 4.74. The summed E-state index contributed by atoms with van der Waals surface area (Å²) in [6.07, 6.45) is 0. The van der Waals surface area contributed by atoms with Gasteiger partial charge in [-0.25, -0.2) is 0 Å². The first-order valence-corrected chi connectivity index (χ1v) is 6.54. The molecule has 0 bridgehead atoms. The van der Waals surface area contributed by atoms with Gasteiger partial charge >= 0.3 is 5.97 Å². The van der Waals surface area contributed by atoms with Gasteiger partial charge in [-0.3, -0.25) is 9.59 Å². The zero-order chi connectivity index (χ0) is 12.7. The maximum atomic E-state index is 10.6. The van der Waals surface area contributed by atoms with Gasteiger partial charge in [-0.2, -0.15) is 0 Å². The Bertz CT molecular complexity index is 396. The van der Waals surface area contributed by atoms with E-state index in [0.29, 0.717) is 22.6 Å². The van der Waals surface area contributed by atoms with Crippen LogP contribution in [0.1, 0.15) is 6.92 Å². The van der Waals surface area contributed by atoms with Gasteiger partial charge in [-0.1, -0.05) is 23.1 Å². The van der Waals surface area contributed by atoms with Crippen LogP contribution in [0.2, 0.25) is 0 Å². The molecule has 1 aromatic heterocycles. The lowest BCUT2D eigenvalue weighted by Gasteiger charge is -2.01. The molecule has 1 heterocycles. The molecule has 1 aromatic rings. The number of rotatable bonds is 7. The summed E-state index contributed by atoms with van der Waals surface area (Å²) >= 11 is 2.42. The lowest BCUT2D eigenvalue weighted by Crippen LogP contribution is -2.26. The largest absolute Gasteiger partial charge is 0.481 e. The molecule has 7 nitrogen and oxygen atoms in total. The minimum atomic E-state index is -0.884. The zero-order valence-corrected chi connectivity index (χ0v) is 10.7. The number of aliphatic carboxylic acids is 1. The Morgan fingerprint density at radius 3 is 2.82 bits per heavy atom. The van der Waals surface area contributed by atoms with Gasteiger partial charge in [0, 0.05) is 20.0 Å². The number of carbonyl (C=O) groups excluding carboxylic acids is 1. The molecule has 1 amide bonds. The van der Waals surface area contributed by atoms with E-state index in [1.54, 1.807) is 0 Å². The fraction of sp³-hybridized carbons (Fsp3) is 0.500. The molecule has 0 unspecified atom stereocenters. The Hall–Kier alpha value is -1.35. The van der Waals surface area contributed by atoms with E-state index in [-0.39, 0.29) is 11.7 Å². The van der Waals surface area contributed by atoms with E-state index in [9.17, 15) is 9.59 Å². The van der Waals surface area contributed by atoms with Crippen molar-refractivity contribution in [3.63, 3.8) is 0 Å². The molecule has 0 saturated heterocycles. The highest BCUT2D eigenvalue weighted by molar-refractivity contribution is 8.01. The monoisotopic (exact) mass is 276 g/mol. The molecule has 94 valence electrons. The molecule has 0 spiro atoms. The molecule has 0 aliphatic rings. The minimum Gasteiger partial charge on any atom is -0.481 e. The molecular formula is C8H12N4O3S2. The van der Waals surface area contributed by atoms with E-state index < -0.39 is 5.97 Å². The molecule has 0 aliphatic carbocycles. The number of nitrogens with zero attached hydrogens (tertiary/aromatic N) is 2. The SMILES string of the molecule is CC(=O)NCCNc1nnc(SCC(=O)O)s1. The van der Waals surface area contributed by atoms with Gasteiger partial charge in [0.15, 0.2) is 4.34 Å². The first-order chi connectivity index (χ1) is 8.08. The van der Waals surface area contributed by atoms with Gasteiger partial charge < -0.3 is 15.7 Å². The molecule has 0 atom stereocenters. The summed E-state index contributed by atoms with van der Waals surface area (Å²) in [5, 5.41) is 22.4. The summed E-state index contributed by atoms with van der Waals surface area (Å²) in [6, 6.07) is 0. The first kappa shape index (κ1) is 13.7. The molecule has 0 aliphatic heterocycles. The maximum absolute atomic E-state index is 10.6. The second-order valence-electron chi connectivity index (χ2n) is 2.97. The summed E-state index contributed by atoms with van der Waals surface area (Å²) in [6.45, 7) is 2.51. The van der Waals surface area contributed by atoms with Gasteiger partial charge in [0.1, 0.15) is 0 Å². The highest BCUT2D eigenvalue weighted by Crippen LogP contribution is 2.24. The Kier molecular flexibility index (Phi) is 5.70. The van der Waals surface area contributed by atoms with Crippen molar-refractivity contribution in [3.05, 3.63) is 0 Å². The molecule has 0 saturated carbocycles. The number of hydrogen-bond acceptors (Lipinski definition) is 7. The predicted octanol–water partition coefficient (Wildman–Crippen LogP) is 0.263. The number of carboxylic acids is 1. The fourth-order valence-corrected chi connectivity index (χ4v) is 2.37. The minimum absolute atomic E-state index is 0.0273. The van der Waals surface area contributed by atoms with Crippen molar-refractivity contribution < 1.29 is 14.7 Å². The van der Waals surface area contributed by atoms with Crippen molar-refractivity contribution in [1.82, 2.24) is 15.5 Å². The second-order valence-corrected chi connectivity index (χ2v) is 5.17.